The van der Waals surface area contributed by atoms with Crippen molar-refractivity contribution in [2.24, 2.45) is 0 Å². The summed E-state index contributed by atoms with van der Waals surface area (Å²) < 4.78 is 5.38. The number of halogens is 1. The van der Waals surface area contributed by atoms with Crippen LogP contribution in [0, 0.1) is 0 Å². The molecule has 24 heavy (non-hydrogen) atoms. The van der Waals surface area contributed by atoms with Crippen LogP contribution in [-0.4, -0.2) is 22.7 Å². The Kier molecular flexibility index (Phi) is 4.93. The summed E-state index contributed by atoms with van der Waals surface area (Å²) in [6.45, 7) is 2.15. The SMILES string of the molecule is CCCCC(O)(Cl)C(=O)OCC1c2ccccc2-c2ccccc21. The second-order valence-electron chi connectivity index (χ2n) is 6.19. The van der Waals surface area contributed by atoms with E-state index in [0.717, 1.165) is 17.5 Å². The van der Waals surface area contributed by atoms with Crippen LogP contribution in [0.2, 0.25) is 0 Å². The van der Waals surface area contributed by atoms with E-state index < -0.39 is 11.0 Å². The molecule has 1 aliphatic carbocycles. The number of esters is 1. The monoisotopic (exact) mass is 344 g/mol. The maximum absolute atomic E-state index is 12.1. The molecule has 3 nitrogen and oxygen atoms in total. The van der Waals surface area contributed by atoms with E-state index in [4.69, 9.17) is 16.3 Å². The molecular weight excluding hydrogens is 324 g/mol. The number of ether oxygens (including phenoxy) is 1. The molecule has 2 aromatic rings. The fraction of sp³-hybridized carbons (Fsp3) is 0.350. The van der Waals surface area contributed by atoms with Gasteiger partial charge in [0, 0.05) is 12.3 Å². The first-order valence-corrected chi connectivity index (χ1v) is 8.69. The van der Waals surface area contributed by atoms with E-state index in [0.29, 0.717) is 6.42 Å². The van der Waals surface area contributed by atoms with Gasteiger partial charge in [-0.1, -0.05) is 73.5 Å². The molecule has 0 radical (unpaired) electrons. The summed E-state index contributed by atoms with van der Waals surface area (Å²) in [5, 5.41) is 8.13. The average Bonchev–Trinajstić information content (AvgIpc) is 2.92. The zero-order chi connectivity index (χ0) is 17.2. The summed E-state index contributed by atoms with van der Waals surface area (Å²) in [7, 11) is 0. The van der Waals surface area contributed by atoms with Crippen LogP contribution in [0.1, 0.15) is 43.2 Å². The molecule has 1 N–H and O–H groups in total. The predicted octanol–water partition coefficient (Wildman–Crippen LogP) is 4.46. The second-order valence-corrected chi connectivity index (χ2v) is 6.81. The third-order valence-corrected chi connectivity index (χ3v) is 4.86. The Hall–Kier alpha value is -1.84. The normalized spacial score (nSPS) is 15.5. The molecule has 0 aliphatic heterocycles. The maximum atomic E-state index is 12.1. The zero-order valence-electron chi connectivity index (χ0n) is 13.7. The molecule has 126 valence electrons. The van der Waals surface area contributed by atoms with Gasteiger partial charge >= 0.3 is 5.97 Å². The Balaban J connectivity index is 1.77. The van der Waals surface area contributed by atoms with Crippen molar-refractivity contribution in [2.75, 3.05) is 6.61 Å². The molecule has 0 aromatic heterocycles. The Bertz CT molecular complexity index is 694. The summed E-state index contributed by atoms with van der Waals surface area (Å²) in [6.07, 6.45) is 1.72. The number of carbonyl (C=O) groups is 1. The van der Waals surface area contributed by atoms with Crippen LogP contribution in [0.5, 0.6) is 0 Å². The average molecular weight is 345 g/mol. The van der Waals surface area contributed by atoms with Crippen LogP contribution in [-0.2, 0) is 9.53 Å². The maximum Gasteiger partial charge on any atom is 0.354 e. The Morgan fingerprint density at radius 3 is 2.21 bits per heavy atom. The van der Waals surface area contributed by atoms with Gasteiger partial charge in [0.2, 0.25) is 5.06 Å². The molecule has 2 aromatic carbocycles. The highest BCUT2D eigenvalue weighted by Gasteiger charge is 2.36. The van der Waals surface area contributed by atoms with Gasteiger partial charge in [-0.2, -0.15) is 0 Å². The van der Waals surface area contributed by atoms with Crippen LogP contribution in [0.3, 0.4) is 0 Å². The van der Waals surface area contributed by atoms with Crippen LogP contribution in [0.25, 0.3) is 11.1 Å². The van der Waals surface area contributed by atoms with E-state index >= 15 is 0 Å². The van der Waals surface area contributed by atoms with Gasteiger partial charge in [0.1, 0.15) is 6.61 Å². The molecule has 1 unspecified atom stereocenters. The lowest BCUT2D eigenvalue weighted by atomic mass is 9.98. The first-order valence-electron chi connectivity index (χ1n) is 8.31. The highest BCUT2D eigenvalue weighted by atomic mass is 35.5. The number of unbranched alkanes of at least 4 members (excludes halogenated alkanes) is 1. The lowest BCUT2D eigenvalue weighted by molar-refractivity contribution is -0.158. The number of hydrogen-bond donors (Lipinski definition) is 1. The van der Waals surface area contributed by atoms with Gasteiger partial charge in [0.25, 0.3) is 0 Å². The lowest BCUT2D eigenvalue weighted by Crippen LogP contribution is -2.35. The van der Waals surface area contributed by atoms with Crippen LogP contribution < -0.4 is 0 Å². The van der Waals surface area contributed by atoms with Crippen molar-refractivity contribution in [2.45, 2.75) is 37.2 Å². The largest absolute Gasteiger partial charge is 0.462 e. The van der Waals surface area contributed by atoms with E-state index in [2.05, 4.69) is 24.3 Å². The van der Waals surface area contributed by atoms with Crippen LogP contribution in [0.4, 0.5) is 0 Å². The topological polar surface area (TPSA) is 46.5 Å². The fourth-order valence-corrected chi connectivity index (χ4v) is 3.41. The van der Waals surface area contributed by atoms with Crippen molar-refractivity contribution in [1.29, 1.82) is 0 Å². The standard InChI is InChI=1S/C20H21ClO3/c1-2-3-12-20(21,23)19(22)24-13-18-16-10-6-4-8-14(16)15-9-5-7-11-17(15)18/h4-11,18,23H,2-3,12-13H2,1H3. The highest BCUT2D eigenvalue weighted by molar-refractivity contribution is 6.32. The van der Waals surface area contributed by atoms with Gasteiger partial charge in [-0.05, 0) is 28.7 Å². The first kappa shape index (κ1) is 17.0. The molecule has 0 fully saturated rings. The Labute approximate surface area is 147 Å². The van der Waals surface area contributed by atoms with Gasteiger partial charge in [0.05, 0.1) is 0 Å². The molecule has 0 heterocycles. The summed E-state index contributed by atoms with van der Waals surface area (Å²) in [5.41, 5.74) is 4.61. The Morgan fingerprint density at radius 1 is 1.12 bits per heavy atom. The Morgan fingerprint density at radius 2 is 1.67 bits per heavy atom. The van der Waals surface area contributed by atoms with Crippen molar-refractivity contribution in [3.63, 3.8) is 0 Å². The highest BCUT2D eigenvalue weighted by Crippen LogP contribution is 2.44. The van der Waals surface area contributed by atoms with Crippen LogP contribution >= 0.6 is 11.6 Å². The minimum atomic E-state index is -1.94. The molecule has 0 spiro atoms. The number of carbonyl (C=O) groups excluding carboxylic acids is 1. The van der Waals surface area contributed by atoms with Gasteiger partial charge < -0.3 is 9.84 Å². The number of rotatable bonds is 6. The minimum Gasteiger partial charge on any atom is -0.462 e. The van der Waals surface area contributed by atoms with E-state index in [1.54, 1.807) is 0 Å². The molecular formula is C20H21ClO3. The lowest BCUT2D eigenvalue weighted by Gasteiger charge is -2.21. The van der Waals surface area contributed by atoms with Crippen molar-refractivity contribution in [1.82, 2.24) is 0 Å². The van der Waals surface area contributed by atoms with Gasteiger partial charge in [-0.15, -0.1) is 0 Å². The van der Waals surface area contributed by atoms with Crippen LogP contribution in [0.15, 0.2) is 48.5 Å². The number of aliphatic hydroxyl groups is 1. The van der Waals surface area contributed by atoms with Crippen molar-refractivity contribution < 1.29 is 14.6 Å². The summed E-state index contributed by atoms with van der Waals surface area (Å²) >= 11 is 5.93. The summed E-state index contributed by atoms with van der Waals surface area (Å²) in [4.78, 5) is 12.1. The van der Waals surface area contributed by atoms with Crippen molar-refractivity contribution in [3.8, 4) is 11.1 Å². The van der Waals surface area contributed by atoms with E-state index in [1.165, 1.54) is 11.1 Å². The van der Waals surface area contributed by atoms with Gasteiger partial charge in [-0.25, -0.2) is 4.79 Å². The zero-order valence-corrected chi connectivity index (χ0v) is 14.4. The molecule has 0 bridgehead atoms. The molecule has 3 rings (SSSR count). The smallest absolute Gasteiger partial charge is 0.354 e. The minimum absolute atomic E-state index is 0.0278. The van der Waals surface area contributed by atoms with Gasteiger partial charge in [0.15, 0.2) is 0 Å². The summed E-state index contributed by atoms with van der Waals surface area (Å²) in [6, 6.07) is 16.2. The van der Waals surface area contributed by atoms with E-state index in [1.807, 2.05) is 31.2 Å². The number of alkyl halides is 1. The van der Waals surface area contributed by atoms with Crippen molar-refractivity contribution in [3.05, 3.63) is 59.7 Å². The van der Waals surface area contributed by atoms with Crippen molar-refractivity contribution >= 4 is 17.6 Å². The second kappa shape index (κ2) is 6.96. The molecule has 1 atom stereocenters. The van der Waals surface area contributed by atoms with E-state index in [-0.39, 0.29) is 18.9 Å². The predicted molar refractivity (Wildman–Crippen MR) is 95.0 cm³/mol. The molecule has 0 saturated carbocycles. The van der Waals surface area contributed by atoms with E-state index in [9.17, 15) is 9.90 Å². The third kappa shape index (κ3) is 3.19. The number of benzene rings is 2. The molecule has 4 heteroatoms. The number of hydrogen-bond acceptors (Lipinski definition) is 3. The molecule has 0 saturated heterocycles. The molecule has 0 amide bonds. The van der Waals surface area contributed by atoms with Gasteiger partial charge in [-0.3, -0.25) is 0 Å². The quantitative estimate of drug-likeness (QED) is 0.621. The summed E-state index contributed by atoms with van der Waals surface area (Å²) in [5.74, 6) is -0.792. The number of fused-ring (bicyclic) bond motifs is 3. The first-order chi connectivity index (χ1) is 11.5. The third-order valence-electron chi connectivity index (χ3n) is 4.52. The molecule has 1 aliphatic rings. The fourth-order valence-electron chi connectivity index (χ4n) is 3.22.